The van der Waals surface area contributed by atoms with Gasteiger partial charge in [-0.15, -0.1) is 0 Å². The van der Waals surface area contributed by atoms with Gasteiger partial charge < -0.3 is 15.4 Å². The largest absolute Gasteiger partial charge is 0.378 e. The third kappa shape index (κ3) is 2.21. The zero-order chi connectivity index (χ0) is 10.7. The quantitative estimate of drug-likeness (QED) is 0.702. The average molecular weight is 208 g/mol. The molecule has 6 heteroatoms. The maximum absolute atomic E-state index is 10.9. The van der Waals surface area contributed by atoms with E-state index in [2.05, 4.69) is 9.97 Å². The Balaban J connectivity index is 2.19. The summed E-state index contributed by atoms with van der Waals surface area (Å²) >= 11 is 0. The van der Waals surface area contributed by atoms with Crippen LogP contribution in [0.2, 0.25) is 0 Å². The Bertz CT molecular complexity index is 363. The molecule has 1 aliphatic heterocycles. The minimum Gasteiger partial charge on any atom is -0.378 e. The van der Waals surface area contributed by atoms with Crippen molar-refractivity contribution in [3.8, 4) is 0 Å². The molecule has 15 heavy (non-hydrogen) atoms. The van der Waals surface area contributed by atoms with Crippen molar-refractivity contribution < 1.29 is 9.53 Å². The van der Waals surface area contributed by atoms with E-state index in [1.807, 2.05) is 4.90 Å². The van der Waals surface area contributed by atoms with Crippen LogP contribution in [0.25, 0.3) is 0 Å². The molecule has 0 bridgehead atoms. The fourth-order valence-corrected chi connectivity index (χ4v) is 1.42. The first-order valence-corrected chi connectivity index (χ1v) is 4.72. The van der Waals surface area contributed by atoms with Gasteiger partial charge >= 0.3 is 0 Å². The third-order valence-corrected chi connectivity index (χ3v) is 2.21. The van der Waals surface area contributed by atoms with E-state index < -0.39 is 5.91 Å². The second kappa shape index (κ2) is 4.22. The number of nitrogens with zero attached hydrogens (tertiary/aromatic N) is 3. The van der Waals surface area contributed by atoms with Crippen LogP contribution in [0.3, 0.4) is 0 Å². The van der Waals surface area contributed by atoms with Crippen molar-refractivity contribution >= 4 is 11.7 Å². The molecule has 0 atom stereocenters. The molecule has 0 radical (unpaired) electrons. The molecular weight excluding hydrogens is 196 g/mol. The lowest BCUT2D eigenvalue weighted by molar-refractivity contribution is 0.0995. The molecule has 1 aromatic heterocycles. The Morgan fingerprint density at radius 1 is 1.40 bits per heavy atom. The van der Waals surface area contributed by atoms with Gasteiger partial charge in [0.15, 0.2) is 0 Å². The van der Waals surface area contributed by atoms with E-state index in [9.17, 15) is 4.79 Å². The molecule has 2 heterocycles. The topological polar surface area (TPSA) is 81.3 Å². The molecule has 2 rings (SSSR count). The summed E-state index contributed by atoms with van der Waals surface area (Å²) in [7, 11) is 0. The van der Waals surface area contributed by atoms with Gasteiger partial charge in [-0.05, 0) is 0 Å². The minimum atomic E-state index is -0.558. The second-order valence-electron chi connectivity index (χ2n) is 3.23. The highest BCUT2D eigenvalue weighted by atomic mass is 16.5. The van der Waals surface area contributed by atoms with Crippen molar-refractivity contribution in [2.45, 2.75) is 0 Å². The minimum absolute atomic E-state index is 0.194. The summed E-state index contributed by atoms with van der Waals surface area (Å²) in [5.74, 6) is 0.118. The van der Waals surface area contributed by atoms with Crippen LogP contribution in [0.4, 0.5) is 5.82 Å². The predicted octanol–water partition coefficient (Wildman–Crippen LogP) is -0.588. The summed E-state index contributed by atoms with van der Waals surface area (Å²) in [4.78, 5) is 21.0. The summed E-state index contributed by atoms with van der Waals surface area (Å²) in [6.45, 7) is 2.86. The van der Waals surface area contributed by atoms with Gasteiger partial charge in [-0.25, -0.2) is 4.98 Å². The Labute approximate surface area is 87.1 Å². The van der Waals surface area contributed by atoms with Crippen molar-refractivity contribution in [2.24, 2.45) is 5.73 Å². The van der Waals surface area contributed by atoms with E-state index in [4.69, 9.17) is 10.5 Å². The maximum Gasteiger partial charge on any atom is 0.268 e. The Morgan fingerprint density at radius 3 is 2.80 bits per heavy atom. The molecule has 1 fully saturated rings. The van der Waals surface area contributed by atoms with E-state index in [-0.39, 0.29) is 5.69 Å². The standard InChI is InChI=1S/C9H12N4O2/c10-9(14)7-5-11-6-8(12-7)13-1-3-15-4-2-13/h5-6H,1-4H2,(H2,10,14). The number of amides is 1. The molecule has 80 valence electrons. The van der Waals surface area contributed by atoms with E-state index in [1.54, 1.807) is 6.20 Å². The lowest BCUT2D eigenvalue weighted by atomic mass is 10.4. The molecule has 1 amide bonds. The molecule has 6 nitrogen and oxygen atoms in total. The number of carbonyl (C=O) groups is 1. The Hall–Kier alpha value is -1.69. The summed E-state index contributed by atoms with van der Waals surface area (Å²) in [5, 5.41) is 0. The molecule has 0 aliphatic carbocycles. The average Bonchev–Trinajstić information content (AvgIpc) is 2.30. The molecule has 0 aromatic carbocycles. The summed E-state index contributed by atoms with van der Waals surface area (Å²) in [6, 6.07) is 0. The number of ether oxygens (including phenoxy) is 1. The van der Waals surface area contributed by atoms with Crippen LogP contribution in [-0.4, -0.2) is 42.2 Å². The van der Waals surface area contributed by atoms with E-state index in [0.29, 0.717) is 19.0 Å². The summed E-state index contributed by atoms with van der Waals surface area (Å²) in [5.41, 5.74) is 5.32. The fourth-order valence-electron chi connectivity index (χ4n) is 1.42. The van der Waals surface area contributed by atoms with Crippen molar-refractivity contribution in [2.75, 3.05) is 31.2 Å². The van der Waals surface area contributed by atoms with Crippen LogP contribution in [0.5, 0.6) is 0 Å². The van der Waals surface area contributed by atoms with Crippen LogP contribution in [-0.2, 0) is 4.74 Å². The maximum atomic E-state index is 10.9. The fraction of sp³-hybridized carbons (Fsp3) is 0.444. The van der Waals surface area contributed by atoms with Crippen LogP contribution >= 0.6 is 0 Å². The Morgan fingerprint density at radius 2 is 2.13 bits per heavy atom. The first kappa shape index (κ1) is 9.85. The normalized spacial score (nSPS) is 16.4. The first-order valence-electron chi connectivity index (χ1n) is 4.72. The summed E-state index contributed by atoms with van der Waals surface area (Å²) < 4.78 is 5.22. The van der Waals surface area contributed by atoms with E-state index >= 15 is 0 Å². The van der Waals surface area contributed by atoms with Gasteiger partial charge in [-0.1, -0.05) is 0 Å². The second-order valence-corrected chi connectivity index (χ2v) is 3.23. The van der Waals surface area contributed by atoms with Crippen LogP contribution < -0.4 is 10.6 Å². The van der Waals surface area contributed by atoms with Gasteiger partial charge in [0.05, 0.1) is 25.6 Å². The van der Waals surface area contributed by atoms with E-state index in [1.165, 1.54) is 6.20 Å². The van der Waals surface area contributed by atoms with Gasteiger partial charge in [-0.2, -0.15) is 0 Å². The van der Waals surface area contributed by atoms with Crippen LogP contribution in [0, 0.1) is 0 Å². The van der Waals surface area contributed by atoms with Gasteiger partial charge in [0.1, 0.15) is 11.5 Å². The highest BCUT2D eigenvalue weighted by Crippen LogP contribution is 2.11. The number of morpholine rings is 1. The van der Waals surface area contributed by atoms with E-state index in [0.717, 1.165) is 13.1 Å². The highest BCUT2D eigenvalue weighted by Gasteiger charge is 2.14. The number of nitrogens with two attached hydrogens (primary N) is 1. The number of rotatable bonds is 2. The van der Waals surface area contributed by atoms with Gasteiger partial charge in [0, 0.05) is 13.1 Å². The number of hydrogen-bond donors (Lipinski definition) is 1. The molecule has 1 saturated heterocycles. The van der Waals surface area contributed by atoms with Crippen LogP contribution in [0.15, 0.2) is 12.4 Å². The first-order chi connectivity index (χ1) is 7.27. The lowest BCUT2D eigenvalue weighted by Gasteiger charge is -2.27. The lowest BCUT2D eigenvalue weighted by Crippen LogP contribution is -2.37. The van der Waals surface area contributed by atoms with Crippen molar-refractivity contribution in [1.82, 2.24) is 9.97 Å². The molecule has 0 unspecified atom stereocenters. The van der Waals surface area contributed by atoms with Gasteiger partial charge in [0.2, 0.25) is 0 Å². The SMILES string of the molecule is NC(=O)c1cncc(N2CCOCC2)n1. The monoisotopic (exact) mass is 208 g/mol. The molecular formula is C9H12N4O2. The number of hydrogen-bond acceptors (Lipinski definition) is 5. The third-order valence-electron chi connectivity index (χ3n) is 2.21. The smallest absolute Gasteiger partial charge is 0.268 e. The molecule has 1 aromatic rings. The predicted molar refractivity (Wildman–Crippen MR) is 53.6 cm³/mol. The molecule has 0 spiro atoms. The van der Waals surface area contributed by atoms with Crippen molar-refractivity contribution in [3.05, 3.63) is 18.1 Å². The Kier molecular flexibility index (Phi) is 2.77. The van der Waals surface area contributed by atoms with Gasteiger partial charge in [0.25, 0.3) is 5.91 Å². The summed E-state index contributed by atoms with van der Waals surface area (Å²) in [6.07, 6.45) is 2.99. The van der Waals surface area contributed by atoms with Crippen molar-refractivity contribution in [3.63, 3.8) is 0 Å². The zero-order valence-electron chi connectivity index (χ0n) is 8.22. The number of carbonyl (C=O) groups excluding carboxylic acids is 1. The number of anilines is 1. The molecule has 0 saturated carbocycles. The zero-order valence-corrected chi connectivity index (χ0v) is 8.22. The van der Waals surface area contributed by atoms with Crippen LogP contribution in [0.1, 0.15) is 10.5 Å². The van der Waals surface area contributed by atoms with Gasteiger partial charge in [-0.3, -0.25) is 9.78 Å². The van der Waals surface area contributed by atoms with Crippen molar-refractivity contribution in [1.29, 1.82) is 0 Å². The highest BCUT2D eigenvalue weighted by molar-refractivity contribution is 5.90. The number of primary amides is 1. The molecule has 1 aliphatic rings. The molecule has 2 N–H and O–H groups in total. The number of aromatic nitrogens is 2.